The molecular weight excluding hydrogens is 592 g/mol. The van der Waals surface area contributed by atoms with Crippen LogP contribution in [0.2, 0.25) is 0 Å². The molecular formula is C33H34N6O5S. The van der Waals surface area contributed by atoms with Crippen LogP contribution in [0.1, 0.15) is 36.8 Å². The van der Waals surface area contributed by atoms with E-state index in [1.54, 1.807) is 30.5 Å². The van der Waals surface area contributed by atoms with Crippen LogP contribution in [0.15, 0.2) is 77.8 Å². The monoisotopic (exact) mass is 626 g/mol. The molecule has 1 aliphatic heterocycles. The van der Waals surface area contributed by atoms with Gasteiger partial charge in [0.2, 0.25) is 0 Å². The van der Waals surface area contributed by atoms with Crippen LogP contribution in [0.25, 0.3) is 10.9 Å². The predicted molar refractivity (Wildman–Crippen MR) is 169 cm³/mol. The number of anilines is 1. The third-order valence-electron chi connectivity index (χ3n) is 8.74. The SMILES string of the molecule is N#Cc1cc(S(=O)(=O)N2C(=O)N(CC3CCCC(CN)C3)C(=O)C2Cc2c[nH]c3ccccc23)ccc1Oc1ccc(N)cc1. The summed E-state index contributed by atoms with van der Waals surface area (Å²) in [7, 11) is -4.58. The van der Waals surface area contributed by atoms with Crippen LogP contribution in [-0.2, 0) is 21.2 Å². The fourth-order valence-electron chi connectivity index (χ4n) is 6.41. The lowest BCUT2D eigenvalue weighted by Gasteiger charge is -2.30. The Bertz CT molecular complexity index is 1900. The Balaban J connectivity index is 1.35. The fourth-order valence-corrected chi connectivity index (χ4v) is 7.94. The number of aromatic nitrogens is 1. The summed E-state index contributed by atoms with van der Waals surface area (Å²) in [5.74, 6) is 0.315. The van der Waals surface area contributed by atoms with E-state index in [-0.39, 0.29) is 35.1 Å². The number of sulfonamides is 1. The molecule has 3 aromatic carbocycles. The molecule has 1 saturated heterocycles. The van der Waals surface area contributed by atoms with Crippen LogP contribution < -0.4 is 16.2 Å². The first kappa shape index (κ1) is 30.2. The Labute approximate surface area is 261 Å². The molecule has 3 amide bonds. The first-order valence-electron chi connectivity index (χ1n) is 14.9. The largest absolute Gasteiger partial charge is 0.456 e. The molecule has 5 N–H and O–H groups in total. The molecule has 12 heteroatoms. The van der Waals surface area contributed by atoms with Gasteiger partial charge in [0.25, 0.3) is 15.9 Å². The summed E-state index contributed by atoms with van der Waals surface area (Å²) in [5, 5.41) is 10.7. The Morgan fingerprint density at radius 2 is 1.78 bits per heavy atom. The molecule has 3 unspecified atom stereocenters. The van der Waals surface area contributed by atoms with Crippen LogP contribution in [0.3, 0.4) is 0 Å². The van der Waals surface area contributed by atoms with Gasteiger partial charge in [-0.15, -0.1) is 0 Å². The number of nitrogens with two attached hydrogens (primary N) is 2. The molecule has 2 fully saturated rings. The summed E-state index contributed by atoms with van der Waals surface area (Å²) in [6.07, 6.45) is 5.26. The van der Waals surface area contributed by atoms with Crippen molar-refractivity contribution in [2.75, 3.05) is 18.8 Å². The molecule has 2 heterocycles. The molecule has 0 radical (unpaired) electrons. The van der Waals surface area contributed by atoms with Crippen LogP contribution >= 0.6 is 0 Å². The maximum atomic E-state index is 14.2. The molecule has 6 rings (SSSR count). The Kier molecular flexibility index (Phi) is 8.22. The lowest BCUT2D eigenvalue weighted by molar-refractivity contribution is -0.128. The number of carbonyl (C=O) groups excluding carboxylic acids is 2. The summed E-state index contributed by atoms with van der Waals surface area (Å²) < 4.78 is 35.0. The lowest BCUT2D eigenvalue weighted by Crippen LogP contribution is -2.42. The third kappa shape index (κ3) is 5.84. The number of urea groups is 1. The van der Waals surface area contributed by atoms with Crippen LogP contribution in [0.4, 0.5) is 10.5 Å². The van der Waals surface area contributed by atoms with Crippen molar-refractivity contribution in [3.05, 3.63) is 84.1 Å². The normalized spacial score (nSPS) is 20.5. The van der Waals surface area contributed by atoms with Gasteiger partial charge < -0.3 is 21.2 Å². The Hall–Kier alpha value is -4.86. The van der Waals surface area contributed by atoms with Gasteiger partial charge in [-0.25, -0.2) is 17.5 Å². The number of nitrogens with one attached hydrogen (secondary N) is 1. The van der Waals surface area contributed by atoms with Gasteiger partial charge >= 0.3 is 6.03 Å². The Morgan fingerprint density at radius 3 is 2.53 bits per heavy atom. The van der Waals surface area contributed by atoms with Gasteiger partial charge in [0.1, 0.15) is 23.6 Å². The number of para-hydroxylation sites is 1. The second kappa shape index (κ2) is 12.3. The number of amides is 3. The van der Waals surface area contributed by atoms with Gasteiger partial charge in [-0.05, 0) is 91.7 Å². The minimum atomic E-state index is -4.58. The van der Waals surface area contributed by atoms with Crippen LogP contribution in [-0.4, -0.2) is 53.7 Å². The minimum absolute atomic E-state index is 0.0101. The topological polar surface area (TPSA) is 176 Å². The number of hydrogen-bond acceptors (Lipinski definition) is 8. The van der Waals surface area contributed by atoms with Crippen molar-refractivity contribution in [3.8, 4) is 17.6 Å². The zero-order valence-corrected chi connectivity index (χ0v) is 25.4. The minimum Gasteiger partial charge on any atom is -0.456 e. The average Bonchev–Trinajstić information content (AvgIpc) is 3.56. The number of imide groups is 1. The van der Waals surface area contributed by atoms with Crippen LogP contribution in [0, 0.1) is 23.2 Å². The average molecular weight is 627 g/mol. The van der Waals surface area contributed by atoms with E-state index in [2.05, 4.69) is 4.98 Å². The number of fused-ring (bicyclic) bond motifs is 1. The summed E-state index contributed by atoms with van der Waals surface area (Å²) in [6.45, 7) is 0.656. The molecule has 0 bridgehead atoms. The Morgan fingerprint density at radius 1 is 1.02 bits per heavy atom. The van der Waals surface area contributed by atoms with E-state index in [4.69, 9.17) is 16.2 Å². The summed E-state index contributed by atoms with van der Waals surface area (Å²) in [6, 6.07) is 17.6. The number of aromatic amines is 1. The first-order valence-corrected chi connectivity index (χ1v) is 16.4. The van der Waals surface area contributed by atoms with E-state index >= 15 is 0 Å². The summed E-state index contributed by atoms with van der Waals surface area (Å²) in [4.78, 5) is 31.9. The van der Waals surface area contributed by atoms with Crippen molar-refractivity contribution in [3.63, 3.8) is 0 Å². The lowest BCUT2D eigenvalue weighted by atomic mass is 9.81. The van der Waals surface area contributed by atoms with E-state index in [1.807, 2.05) is 30.3 Å². The van der Waals surface area contributed by atoms with Gasteiger partial charge in [0.15, 0.2) is 0 Å². The molecule has 1 aliphatic carbocycles. The van der Waals surface area contributed by atoms with Gasteiger partial charge in [-0.3, -0.25) is 9.69 Å². The van der Waals surface area contributed by atoms with Gasteiger partial charge in [-0.2, -0.15) is 5.26 Å². The summed E-state index contributed by atoms with van der Waals surface area (Å²) >= 11 is 0. The number of benzene rings is 3. The van der Waals surface area contributed by atoms with E-state index < -0.39 is 28.0 Å². The van der Waals surface area contributed by atoms with Crippen molar-refractivity contribution in [2.45, 2.75) is 43.0 Å². The molecule has 0 spiro atoms. The number of rotatable bonds is 9. The fraction of sp³-hybridized carbons (Fsp3) is 0.303. The second-order valence-electron chi connectivity index (χ2n) is 11.7. The van der Waals surface area contributed by atoms with Crippen molar-refractivity contribution in [2.24, 2.45) is 17.6 Å². The van der Waals surface area contributed by atoms with Crippen LogP contribution in [0.5, 0.6) is 11.5 Å². The van der Waals surface area contributed by atoms with Gasteiger partial charge in [0.05, 0.1) is 10.5 Å². The van der Waals surface area contributed by atoms with Crippen molar-refractivity contribution in [1.29, 1.82) is 5.26 Å². The molecule has 11 nitrogen and oxygen atoms in total. The molecule has 4 aromatic rings. The molecule has 45 heavy (non-hydrogen) atoms. The maximum absolute atomic E-state index is 14.2. The number of nitrogen functional groups attached to an aromatic ring is 1. The highest BCUT2D eigenvalue weighted by atomic mass is 32.2. The molecule has 232 valence electrons. The standard InChI is InChI=1S/C33H34N6O5S/c34-17-21-4-3-5-22(14-21)20-38-32(40)30(16-24-19-37-29-7-2-1-6-28(24)29)39(33(38)41)45(42,43)27-12-13-31(23(15-27)18-35)44-26-10-8-25(36)9-11-26/h1-2,6-13,15,19,21-22,30,37H,3-5,14,16-17,20,34,36H2. The first-order chi connectivity index (χ1) is 21.7. The number of H-pyrrole nitrogens is 1. The highest BCUT2D eigenvalue weighted by Crippen LogP contribution is 2.36. The van der Waals surface area contributed by atoms with Crippen molar-refractivity contribution < 1.29 is 22.7 Å². The summed E-state index contributed by atoms with van der Waals surface area (Å²) in [5.41, 5.74) is 13.7. The molecule has 3 atom stereocenters. The third-order valence-corrected chi connectivity index (χ3v) is 10.5. The zero-order chi connectivity index (χ0) is 31.7. The number of ether oxygens (including phenoxy) is 1. The highest BCUT2D eigenvalue weighted by Gasteiger charge is 2.52. The number of nitriles is 1. The predicted octanol–water partition coefficient (Wildman–Crippen LogP) is 4.74. The number of nitrogens with zero attached hydrogens (tertiary/aromatic N) is 3. The second-order valence-corrected chi connectivity index (χ2v) is 13.5. The van der Waals surface area contributed by atoms with Gasteiger partial charge in [0, 0.05) is 35.8 Å². The smallest absolute Gasteiger partial charge is 0.341 e. The van der Waals surface area contributed by atoms with Gasteiger partial charge in [-0.1, -0.05) is 24.6 Å². The number of carbonyl (C=O) groups is 2. The molecule has 2 aliphatic rings. The van der Waals surface area contributed by atoms with E-state index in [0.717, 1.165) is 47.6 Å². The van der Waals surface area contributed by atoms with Crippen molar-refractivity contribution in [1.82, 2.24) is 14.2 Å². The zero-order valence-electron chi connectivity index (χ0n) is 24.6. The number of hydrogen-bond donors (Lipinski definition) is 3. The maximum Gasteiger partial charge on any atom is 0.341 e. The molecule has 1 aromatic heterocycles. The van der Waals surface area contributed by atoms with E-state index in [9.17, 15) is 23.3 Å². The van der Waals surface area contributed by atoms with E-state index in [0.29, 0.717) is 33.8 Å². The van der Waals surface area contributed by atoms with Crippen molar-refractivity contribution >= 4 is 38.6 Å². The molecule has 1 saturated carbocycles. The van der Waals surface area contributed by atoms with E-state index in [1.165, 1.54) is 12.1 Å². The highest BCUT2D eigenvalue weighted by molar-refractivity contribution is 7.89. The quantitative estimate of drug-likeness (QED) is 0.176.